The van der Waals surface area contributed by atoms with E-state index in [9.17, 15) is 0 Å². The summed E-state index contributed by atoms with van der Waals surface area (Å²) < 4.78 is 16.2. The van der Waals surface area contributed by atoms with Crippen LogP contribution in [0, 0.1) is 0 Å². The van der Waals surface area contributed by atoms with Gasteiger partial charge in [-0.05, 0) is 22.0 Å². The Balaban J connectivity index is 2.21. The SMILES string of the molecule is BrCOc1ccccc1C1OCCO1. The molecule has 76 valence electrons. The average molecular weight is 259 g/mol. The first kappa shape index (κ1) is 9.96. The number of rotatable bonds is 3. The summed E-state index contributed by atoms with van der Waals surface area (Å²) in [4.78, 5) is 0. The molecule has 0 atom stereocenters. The third-order valence-electron chi connectivity index (χ3n) is 2.00. The van der Waals surface area contributed by atoms with Gasteiger partial charge in [0, 0.05) is 5.56 Å². The van der Waals surface area contributed by atoms with Crippen LogP contribution in [0.15, 0.2) is 24.3 Å². The van der Waals surface area contributed by atoms with Crippen molar-refractivity contribution in [3.63, 3.8) is 0 Å². The highest BCUT2D eigenvalue weighted by atomic mass is 79.9. The predicted octanol–water partition coefficient (Wildman–Crippen LogP) is 2.46. The number of ether oxygens (including phenoxy) is 3. The average Bonchev–Trinajstić information content (AvgIpc) is 2.72. The minimum absolute atomic E-state index is 0.273. The van der Waals surface area contributed by atoms with Gasteiger partial charge in [-0.1, -0.05) is 18.2 Å². The lowest BCUT2D eigenvalue weighted by Crippen LogP contribution is -2.02. The van der Waals surface area contributed by atoms with Crippen molar-refractivity contribution in [2.75, 3.05) is 18.7 Å². The molecule has 1 aromatic carbocycles. The lowest BCUT2D eigenvalue weighted by Gasteiger charge is -2.13. The Hall–Kier alpha value is -0.580. The van der Waals surface area contributed by atoms with E-state index in [-0.39, 0.29) is 6.29 Å². The normalized spacial score (nSPS) is 17.2. The molecule has 3 nitrogen and oxygen atoms in total. The maximum atomic E-state index is 5.41. The fourth-order valence-corrected chi connectivity index (χ4v) is 1.65. The lowest BCUT2D eigenvalue weighted by molar-refractivity contribution is -0.0455. The Morgan fingerprint density at radius 3 is 2.71 bits per heavy atom. The van der Waals surface area contributed by atoms with E-state index in [1.807, 2.05) is 24.3 Å². The van der Waals surface area contributed by atoms with E-state index in [4.69, 9.17) is 14.2 Å². The van der Waals surface area contributed by atoms with Crippen LogP contribution in [0.2, 0.25) is 0 Å². The predicted molar refractivity (Wildman–Crippen MR) is 55.5 cm³/mol. The highest BCUT2D eigenvalue weighted by Gasteiger charge is 2.21. The van der Waals surface area contributed by atoms with Crippen LogP contribution in [0.3, 0.4) is 0 Å². The molecular weight excluding hydrogens is 248 g/mol. The summed E-state index contributed by atoms with van der Waals surface area (Å²) in [6.45, 7) is 1.29. The van der Waals surface area contributed by atoms with Gasteiger partial charge in [-0.25, -0.2) is 0 Å². The van der Waals surface area contributed by atoms with E-state index in [1.165, 1.54) is 0 Å². The highest BCUT2D eigenvalue weighted by Crippen LogP contribution is 2.30. The summed E-state index contributed by atoms with van der Waals surface area (Å²) in [6, 6.07) is 7.73. The first-order valence-corrected chi connectivity index (χ1v) is 5.55. The van der Waals surface area contributed by atoms with E-state index in [2.05, 4.69) is 15.9 Å². The van der Waals surface area contributed by atoms with Crippen LogP contribution in [0.1, 0.15) is 11.9 Å². The third kappa shape index (κ3) is 2.08. The van der Waals surface area contributed by atoms with Gasteiger partial charge in [-0.3, -0.25) is 0 Å². The molecule has 1 saturated heterocycles. The smallest absolute Gasteiger partial charge is 0.187 e. The Morgan fingerprint density at radius 1 is 1.29 bits per heavy atom. The van der Waals surface area contributed by atoms with Crippen molar-refractivity contribution in [1.82, 2.24) is 0 Å². The molecule has 0 aromatic heterocycles. The van der Waals surface area contributed by atoms with Gasteiger partial charge in [0.15, 0.2) is 6.29 Å². The Labute approximate surface area is 91.1 Å². The zero-order valence-corrected chi connectivity index (χ0v) is 9.20. The Morgan fingerprint density at radius 2 is 2.00 bits per heavy atom. The van der Waals surface area contributed by atoms with Crippen LogP contribution in [-0.4, -0.2) is 18.7 Å². The molecule has 0 spiro atoms. The molecule has 2 rings (SSSR count). The standard InChI is InChI=1S/C10H11BrO3/c11-7-14-9-4-2-1-3-8(9)10-12-5-6-13-10/h1-4,10H,5-7H2. The summed E-state index contributed by atoms with van der Waals surface area (Å²) in [5.74, 6) is 0.802. The van der Waals surface area contributed by atoms with Crippen molar-refractivity contribution in [3.05, 3.63) is 29.8 Å². The number of hydrogen-bond acceptors (Lipinski definition) is 3. The maximum Gasteiger partial charge on any atom is 0.187 e. The molecule has 0 bridgehead atoms. The number of halogens is 1. The Bertz CT molecular complexity index is 297. The largest absolute Gasteiger partial charge is 0.482 e. The van der Waals surface area contributed by atoms with Crippen LogP contribution < -0.4 is 4.74 Å². The van der Waals surface area contributed by atoms with Crippen LogP contribution >= 0.6 is 15.9 Å². The Kier molecular flexibility index (Phi) is 3.39. The van der Waals surface area contributed by atoms with Crippen molar-refractivity contribution < 1.29 is 14.2 Å². The van der Waals surface area contributed by atoms with Gasteiger partial charge in [0.1, 0.15) is 11.3 Å². The fraction of sp³-hybridized carbons (Fsp3) is 0.400. The second-order valence-electron chi connectivity index (χ2n) is 2.86. The van der Waals surface area contributed by atoms with Gasteiger partial charge in [0.2, 0.25) is 0 Å². The van der Waals surface area contributed by atoms with Crippen molar-refractivity contribution in [2.24, 2.45) is 0 Å². The zero-order chi connectivity index (χ0) is 9.80. The number of para-hydroxylation sites is 1. The van der Waals surface area contributed by atoms with Crippen molar-refractivity contribution in [3.8, 4) is 5.75 Å². The van der Waals surface area contributed by atoms with Crippen LogP contribution in [0.5, 0.6) is 5.75 Å². The molecule has 0 unspecified atom stereocenters. The first-order valence-electron chi connectivity index (χ1n) is 4.42. The van der Waals surface area contributed by atoms with E-state index >= 15 is 0 Å². The van der Waals surface area contributed by atoms with Gasteiger partial charge in [0.05, 0.1) is 13.2 Å². The van der Waals surface area contributed by atoms with Crippen LogP contribution in [0.25, 0.3) is 0 Å². The monoisotopic (exact) mass is 258 g/mol. The zero-order valence-electron chi connectivity index (χ0n) is 7.61. The maximum absolute atomic E-state index is 5.41. The minimum Gasteiger partial charge on any atom is -0.482 e. The van der Waals surface area contributed by atoms with Crippen LogP contribution in [-0.2, 0) is 9.47 Å². The quantitative estimate of drug-likeness (QED) is 0.780. The number of hydrogen-bond donors (Lipinski definition) is 0. The summed E-state index contributed by atoms with van der Waals surface area (Å²) >= 11 is 3.22. The van der Waals surface area contributed by atoms with Gasteiger partial charge >= 0.3 is 0 Å². The molecule has 4 heteroatoms. The molecule has 1 heterocycles. The number of benzene rings is 1. The second-order valence-corrected chi connectivity index (χ2v) is 3.32. The molecule has 0 saturated carbocycles. The van der Waals surface area contributed by atoms with Gasteiger partial charge < -0.3 is 14.2 Å². The second kappa shape index (κ2) is 4.77. The van der Waals surface area contributed by atoms with E-state index in [0.717, 1.165) is 11.3 Å². The lowest BCUT2D eigenvalue weighted by atomic mass is 10.2. The molecule has 14 heavy (non-hydrogen) atoms. The van der Waals surface area contributed by atoms with E-state index < -0.39 is 0 Å². The van der Waals surface area contributed by atoms with E-state index in [1.54, 1.807) is 0 Å². The molecule has 0 N–H and O–H groups in total. The van der Waals surface area contributed by atoms with Gasteiger partial charge in [-0.2, -0.15) is 0 Å². The topological polar surface area (TPSA) is 27.7 Å². The molecule has 0 aliphatic carbocycles. The van der Waals surface area contributed by atoms with Gasteiger partial charge in [-0.15, -0.1) is 0 Å². The molecule has 0 radical (unpaired) electrons. The fourth-order valence-electron chi connectivity index (χ4n) is 1.40. The van der Waals surface area contributed by atoms with Crippen LogP contribution in [0.4, 0.5) is 0 Å². The first-order chi connectivity index (χ1) is 6.92. The molecule has 0 amide bonds. The third-order valence-corrected chi connectivity index (χ3v) is 2.23. The molecular formula is C10H11BrO3. The molecule has 1 aliphatic rings. The summed E-state index contributed by atoms with van der Waals surface area (Å²) in [5, 5.41) is 0. The van der Waals surface area contributed by atoms with Gasteiger partial charge in [0.25, 0.3) is 0 Å². The van der Waals surface area contributed by atoms with E-state index in [0.29, 0.717) is 18.7 Å². The molecule has 1 fully saturated rings. The minimum atomic E-state index is -0.273. The van der Waals surface area contributed by atoms with Crippen molar-refractivity contribution >= 4 is 15.9 Å². The van der Waals surface area contributed by atoms with Crippen molar-refractivity contribution in [2.45, 2.75) is 6.29 Å². The van der Waals surface area contributed by atoms with Crippen molar-refractivity contribution in [1.29, 1.82) is 0 Å². The summed E-state index contributed by atoms with van der Waals surface area (Å²) in [6.07, 6.45) is -0.273. The summed E-state index contributed by atoms with van der Waals surface area (Å²) in [5.41, 5.74) is 1.42. The molecule has 1 aromatic rings. The molecule has 1 aliphatic heterocycles. The number of alkyl halides is 1. The highest BCUT2D eigenvalue weighted by molar-refractivity contribution is 9.09. The summed E-state index contributed by atoms with van der Waals surface area (Å²) in [7, 11) is 0.